The highest BCUT2D eigenvalue weighted by molar-refractivity contribution is 5.97. The van der Waals surface area contributed by atoms with E-state index in [-0.39, 0.29) is 11.5 Å². The van der Waals surface area contributed by atoms with Crippen LogP contribution in [-0.4, -0.2) is 42.6 Å². The first-order valence-electron chi connectivity index (χ1n) is 9.07. The highest BCUT2D eigenvalue weighted by Crippen LogP contribution is 2.32. The Morgan fingerprint density at radius 2 is 1.88 bits per heavy atom. The molecule has 4 nitrogen and oxygen atoms in total. The summed E-state index contributed by atoms with van der Waals surface area (Å²) in [5, 5.41) is 3.06. The quantitative estimate of drug-likeness (QED) is 0.937. The topological polar surface area (TPSA) is 41.6 Å². The fourth-order valence-corrected chi connectivity index (χ4v) is 3.89. The van der Waals surface area contributed by atoms with Crippen molar-refractivity contribution in [3.05, 3.63) is 65.7 Å². The molecule has 2 aromatic rings. The molecule has 1 fully saturated rings. The lowest BCUT2D eigenvalue weighted by atomic mass is 9.92. The number of benzene rings is 2. The third kappa shape index (κ3) is 3.54. The number of fused-ring (bicyclic) bond motifs is 1. The van der Waals surface area contributed by atoms with E-state index in [4.69, 9.17) is 4.74 Å². The maximum Gasteiger partial charge on any atom is 0.255 e. The molecule has 25 heavy (non-hydrogen) atoms. The van der Waals surface area contributed by atoms with Crippen molar-refractivity contribution in [1.29, 1.82) is 0 Å². The monoisotopic (exact) mass is 336 g/mol. The summed E-state index contributed by atoms with van der Waals surface area (Å²) in [6.45, 7) is 3.54. The van der Waals surface area contributed by atoms with Crippen molar-refractivity contribution in [1.82, 2.24) is 10.2 Å². The number of hydrogen-bond acceptors (Lipinski definition) is 3. The van der Waals surface area contributed by atoms with Crippen molar-refractivity contribution in [2.45, 2.75) is 24.9 Å². The van der Waals surface area contributed by atoms with Gasteiger partial charge in [-0.1, -0.05) is 42.5 Å². The van der Waals surface area contributed by atoms with Crippen LogP contribution >= 0.6 is 0 Å². The smallest absolute Gasteiger partial charge is 0.255 e. The van der Waals surface area contributed by atoms with Gasteiger partial charge in [0.1, 0.15) is 11.4 Å². The number of piperidine rings is 1. The SMILES string of the molecule is O=C1NC[C@@]2(CCCN(CCc3ccccc3)C2)Oc2ccccc21. The van der Waals surface area contributed by atoms with Crippen LogP contribution in [0.25, 0.3) is 0 Å². The summed E-state index contributed by atoms with van der Waals surface area (Å²) in [5.74, 6) is 0.677. The number of carbonyl (C=O) groups is 1. The fraction of sp³-hybridized carbons (Fsp3) is 0.381. The van der Waals surface area contributed by atoms with Gasteiger partial charge in [-0.05, 0) is 43.5 Å². The molecule has 0 saturated carbocycles. The number of hydrogen-bond donors (Lipinski definition) is 1. The molecule has 2 aromatic carbocycles. The van der Waals surface area contributed by atoms with Gasteiger partial charge in [0.25, 0.3) is 5.91 Å². The van der Waals surface area contributed by atoms with E-state index < -0.39 is 0 Å². The first-order chi connectivity index (χ1) is 12.2. The van der Waals surface area contributed by atoms with E-state index in [2.05, 4.69) is 40.5 Å². The van der Waals surface area contributed by atoms with Gasteiger partial charge in [-0.3, -0.25) is 9.69 Å². The van der Waals surface area contributed by atoms with Gasteiger partial charge in [0, 0.05) is 13.1 Å². The lowest BCUT2D eigenvalue weighted by Gasteiger charge is -2.42. The van der Waals surface area contributed by atoms with Crippen molar-refractivity contribution in [2.75, 3.05) is 26.2 Å². The second kappa shape index (κ2) is 6.89. The van der Waals surface area contributed by atoms with Gasteiger partial charge in [-0.15, -0.1) is 0 Å². The summed E-state index contributed by atoms with van der Waals surface area (Å²) in [4.78, 5) is 14.8. The van der Waals surface area contributed by atoms with E-state index in [1.165, 1.54) is 5.56 Å². The summed E-state index contributed by atoms with van der Waals surface area (Å²) in [6.07, 6.45) is 3.11. The molecule has 0 aliphatic carbocycles. The van der Waals surface area contributed by atoms with Gasteiger partial charge in [0.2, 0.25) is 0 Å². The first kappa shape index (κ1) is 16.2. The Morgan fingerprint density at radius 3 is 2.76 bits per heavy atom. The minimum Gasteiger partial charge on any atom is -0.483 e. The zero-order valence-corrected chi connectivity index (χ0v) is 14.4. The number of likely N-dealkylation sites (tertiary alicyclic amines) is 1. The molecule has 2 aliphatic rings. The summed E-state index contributed by atoms with van der Waals surface area (Å²) < 4.78 is 6.41. The number of para-hydroxylation sites is 1. The zero-order valence-electron chi connectivity index (χ0n) is 14.4. The van der Waals surface area contributed by atoms with Gasteiger partial charge in [-0.2, -0.15) is 0 Å². The van der Waals surface area contributed by atoms with Crippen LogP contribution in [0.15, 0.2) is 54.6 Å². The molecule has 130 valence electrons. The Hall–Kier alpha value is -2.33. The number of nitrogens with zero attached hydrogens (tertiary/aromatic N) is 1. The van der Waals surface area contributed by atoms with Crippen molar-refractivity contribution >= 4 is 5.91 Å². The molecule has 2 heterocycles. The molecule has 0 unspecified atom stereocenters. The Balaban J connectivity index is 1.47. The standard InChI is InChI=1S/C21H24N2O2/c24-20-18-9-4-5-10-19(18)25-21(15-22-20)12-6-13-23(16-21)14-11-17-7-2-1-3-8-17/h1-5,7-10H,6,11-16H2,(H,22,24)/t21-/m1/s1. The second-order valence-electron chi connectivity index (χ2n) is 7.08. The van der Waals surface area contributed by atoms with E-state index in [1.54, 1.807) is 0 Å². The Morgan fingerprint density at radius 1 is 1.08 bits per heavy atom. The van der Waals surface area contributed by atoms with E-state index in [1.807, 2.05) is 24.3 Å². The largest absolute Gasteiger partial charge is 0.483 e. The van der Waals surface area contributed by atoms with Gasteiger partial charge in [0.15, 0.2) is 0 Å². The molecular weight excluding hydrogens is 312 g/mol. The highest BCUT2D eigenvalue weighted by atomic mass is 16.5. The van der Waals surface area contributed by atoms with Crippen LogP contribution in [0.4, 0.5) is 0 Å². The molecule has 0 aromatic heterocycles. The summed E-state index contributed by atoms with van der Waals surface area (Å²) >= 11 is 0. The van der Waals surface area contributed by atoms with Crippen molar-refractivity contribution in [3.63, 3.8) is 0 Å². The van der Waals surface area contributed by atoms with Crippen LogP contribution in [0.1, 0.15) is 28.8 Å². The molecule has 0 bridgehead atoms. The lowest BCUT2D eigenvalue weighted by Crippen LogP contribution is -2.56. The second-order valence-corrected chi connectivity index (χ2v) is 7.08. The van der Waals surface area contributed by atoms with Gasteiger partial charge in [0.05, 0.1) is 12.1 Å². The number of nitrogens with one attached hydrogen (secondary N) is 1. The van der Waals surface area contributed by atoms with E-state index in [9.17, 15) is 4.79 Å². The fourth-order valence-electron chi connectivity index (χ4n) is 3.89. The maximum atomic E-state index is 12.3. The highest BCUT2D eigenvalue weighted by Gasteiger charge is 2.40. The molecule has 4 rings (SSSR count). The molecular formula is C21H24N2O2. The number of carbonyl (C=O) groups excluding carboxylic acids is 1. The minimum atomic E-state index is -0.322. The first-order valence-corrected chi connectivity index (χ1v) is 9.07. The van der Waals surface area contributed by atoms with Crippen LogP contribution < -0.4 is 10.1 Å². The van der Waals surface area contributed by atoms with Gasteiger partial charge in [-0.25, -0.2) is 0 Å². The van der Waals surface area contributed by atoms with E-state index in [0.29, 0.717) is 17.9 Å². The van der Waals surface area contributed by atoms with Gasteiger partial charge >= 0.3 is 0 Å². The third-order valence-electron chi connectivity index (χ3n) is 5.21. The Bertz CT molecular complexity index is 747. The van der Waals surface area contributed by atoms with Crippen molar-refractivity contribution in [2.24, 2.45) is 0 Å². The maximum absolute atomic E-state index is 12.3. The average molecular weight is 336 g/mol. The molecule has 1 amide bonds. The molecule has 1 atom stereocenters. The normalized spacial score (nSPS) is 23.4. The molecule has 4 heteroatoms. The number of amides is 1. The van der Waals surface area contributed by atoms with Crippen LogP contribution in [0.2, 0.25) is 0 Å². The molecule has 1 saturated heterocycles. The van der Waals surface area contributed by atoms with Crippen LogP contribution in [0.3, 0.4) is 0 Å². The minimum absolute atomic E-state index is 0.0334. The molecule has 2 aliphatic heterocycles. The van der Waals surface area contributed by atoms with Crippen LogP contribution in [0, 0.1) is 0 Å². The number of ether oxygens (including phenoxy) is 1. The van der Waals surface area contributed by atoms with Crippen LogP contribution in [-0.2, 0) is 6.42 Å². The summed E-state index contributed by atoms with van der Waals surface area (Å²) in [6, 6.07) is 18.1. The predicted octanol–water partition coefficient (Wildman–Crippen LogP) is 2.89. The van der Waals surface area contributed by atoms with Crippen LogP contribution in [0.5, 0.6) is 5.75 Å². The third-order valence-corrected chi connectivity index (χ3v) is 5.21. The lowest BCUT2D eigenvalue weighted by molar-refractivity contribution is -0.00379. The Kier molecular flexibility index (Phi) is 4.45. The molecule has 1 N–H and O–H groups in total. The average Bonchev–Trinajstić information content (AvgIpc) is 2.78. The zero-order chi connectivity index (χ0) is 17.1. The van der Waals surface area contributed by atoms with Gasteiger partial charge < -0.3 is 10.1 Å². The number of rotatable bonds is 3. The Labute approximate surface area is 148 Å². The summed E-state index contributed by atoms with van der Waals surface area (Å²) in [5.41, 5.74) is 1.68. The van der Waals surface area contributed by atoms with Crippen molar-refractivity contribution < 1.29 is 9.53 Å². The van der Waals surface area contributed by atoms with Crippen molar-refractivity contribution in [3.8, 4) is 5.75 Å². The van der Waals surface area contributed by atoms with E-state index in [0.717, 1.165) is 38.9 Å². The van der Waals surface area contributed by atoms with E-state index >= 15 is 0 Å². The molecule has 0 radical (unpaired) electrons. The summed E-state index contributed by atoms with van der Waals surface area (Å²) in [7, 11) is 0. The molecule has 1 spiro atoms. The predicted molar refractivity (Wildman–Crippen MR) is 98.0 cm³/mol.